The zero-order valence-corrected chi connectivity index (χ0v) is 21.8. The van der Waals surface area contributed by atoms with Crippen LogP contribution in [0.2, 0.25) is 0 Å². The van der Waals surface area contributed by atoms with E-state index in [1.807, 2.05) is 0 Å². The standard InChI is InChI=1S/C34H29BN2/c1-22-17-23(2)20-27(19-22)37-31-16-10-15-30-34(31)35(33-25(4)18-24(3)21-32(33)37)28-13-8-9-14-29(28)36(30)26-11-6-5-7-12-26/h5-21H,1-4H3. The Hall–Kier alpha value is -4.24. The Kier molecular flexibility index (Phi) is 4.84. The van der Waals surface area contributed by atoms with Crippen molar-refractivity contribution >= 4 is 57.2 Å². The van der Waals surface area contributed by atoms with E-state index in [1.165, 1.54) is 72.8 Å². The van der Waals surface area contributed by atoms with Crippen molar-refractivity contribution in [2.45, 2.75) is 27.7 Å². The number of para-hydroxylation sites is 2. The third-order valence-corrected chi connectivity index (χ3v) is 7.84. The number of fused-ring (bicyclic) bond motifs is 4. The Labute approximate surface area is 219 Å². The van der Waals surface area contributed by atoms with Crippen LogP contribution >= 0.6 is 0 Å². The minimum atomic E-state index is 0.181. The van der Waals surface area contributed by atoms with Crippen molar-refractivity contribution in [1.29, 1.82) is 0 Å². The summed E-state index contributed by atoms with van der Waals surface area (Å²) >= 11 is 0. The van der Waals surface area contributed by atoms with Crippen LogP contribution in [0.5, 0.6) is 0 Å². The smallest absolute Gasteiger partial charge is 0.252 e. The number of hydrogen-bond acceptors (Lipinski definition) is 2. The molecule has 0 bridgehead atoms. The highest BCUT2D eigenvalue weighted by atomic mass is 15.2. The van der Waals surface area contributed by atoms with Crippen LogP contribution in [0.3, 0.4) is 0 Å². The number of hydrogen-bond donors (Lipinski definition) is 0. The van der Waals surface area contributed by atoms with Gasteiger partial charge in [-0.1, -0.05) is 60.2 Å². The lowest BCUT2D eigenvalue weighted by Crippen LogP contribution is -2.62. The molecule has 0 saturated carbocycles. The Balaban J connectivity index is 1.61. The van der Waals surface area contributed by atoms with Crippen molar-refractivity contribution in [3.63, 3.8) is 0 Å². The van der Waals surface area contributed by atoms with Gasteiger partial charge in [0.25, 0.3) is 6.71 Å². The van der Waals surface area contributed by atoms with Gasteiger partial charge < -0.3 is 9.80 Å². The molecule has 3 heteroatoms. The van der Waals surface area contributed by atoms with E-state index in [2.05, 4.69) is 141 Å². The van der Waals surface area contributed by atoms with Crippen LogP contribution in [0.1, 0.15) is 22.3 Å². The molecule has 178 valence electrons. The molecule has 2 aliphatic rings. The zero-order chi connectivity index (χ0) is 25.3. The molecule has 0 saturated heterocycles. The fourth-order valence-corrected chi connectivity index (χ4v) is 6.61. The molecule has 0 unspecified atom stereocenters. The second kappa shape index (κ2) is 8.14. The first-order valence-electron chi connectivity index (χ1n) is 13.1. The number of rotatable bonds is 2. The molecule has 2 nitrogen and oxygen atoms in total. The van der Waals surface area contributed by atoms with Gasteiger partial charge in [-0.05, 0) is 109 Å². The molecule has 0 radical (unpaired) electrons. The predicted octanol–water partition coefficient (Wildman–Crippen LogP) is 7.00. The molecule has 0 N–H and O–H groups in total. The molecular weight excluding hydrogens is 447 g/mol. The van der Waals surface area contributed by atoms with E-state index in [-0.39, 0.29) is 6.71 Å². The van der Waals surface area contributed by atoms with Gasteiger partial charge in [-0.2, -0.15) is 0 Å². The highest BCUT2D eigenvalue weighted by molar-refractivity contribution is 7.00. The summed E-state index contributed by atoms with van der Waals surface area (Å²) in [6.07, 6.45) is 0. The van der Waals surface area contributed by atoms with Crippen LogP contribution in [-0.2, 0) is 0 Å². The largest absolute Gasteiger partial charge is 0.311 e. The monoisotopic (exact) mass is 476 g/mol. The summed E-state index contributed by atoms with van der Waals surface area (Å²) in [7, 11) is 0. The molecule has 0 spiro atoms. The number of anilines is 6. The van der Waals surface area contributed by atoms with E-state index < -0.39 is 0 Å². The van der Waals surface area contributed by atoms with Gasteiger partial charge in [0.05, 0.1) is 0 Å². The first-order chi connectivity index (χ1) is 18.0. The number of benzene rings is 5. The molecule has 0 aromatic heterocycles. The van der Waals surface area contributed by atoms with E-state index >= 15 is 0 Å². The van der Waals surface area contributed by atoms with Crippen molar-refractivity contribution in [3.8, 4) is 0 Å². The first kappa shape index (κ1) is 22.0. The van der Waals surface area contributed by atoms with E-state index in [9.17, 15) is 0 Å². The average Bonchev–Trinajstić information content (AvgIpc) is 2.88. The fourth-order valence-electron chi connectivity index (χ4n) is 6.61. The van der Waals surface area contributed by atoms with Crippen molar-refractivity contribution in [2.75, 3.05) is 9.80 Å². The third kappa shape index (κ3) is 3.27. The summed E-state index contributed by atoms with van der Waals surface area (Å²) in [6, 6.07) is 38.2. The lowest BCUT2D eigenvalue weighted by atomic mass is 9.33. The Morgan fingerprint density at radius 3 is 1.78 bits per heavy atom. The minimum absolute atomic E-state index is 0.181. The summed E-state index contributed by atoms with van der Waals surface area (Å²) in [4.78, 5) is 4.95. The van der Waals surface area contributed by atoms with E-state index in [0.717, 1.165) is 0 Å². The number of nitrogens with zero attached hydrogens (tertiary/aromatic N) is 2. The second-order valence-electron chi connectivity index (χ2n) is 10.6. The van der Waals surface area contributed by atoms with Crippen LogP contribution in [0.15, 0.2) is 103 Å². The minimum Gasteiger partial charge on any atom is -0.311 e. The summed E-state index contributed by atoms with van der Waals surface area (Å²) < 4.78 is 0. The molecule has 0 atom stereocenters. The molecule has 5 aromatic rings. The lowest BCUT2D eigenvalue weighted by molar-refractivity contribution is 1.23. The molecule has 2 heterocycles. The molecule has 5 aromatic carbocycles. The average molecular weight is 476 g/mol. The predicted molar refractivity (Wildman–Crippen MR) is 159 cm³/mol. The number of aryl methyl sites for hydroxylation is 4. The Morgan fingerprint density at radius 1 is 0.459 bits per heavy atom. The van der Waals surface area contributed by atoms with Crippen molar-refractivity contribution in [2.24, 2.45) is 0 Å². The van der Waals surface area contributed by atoms with Gasteiger partial charge in [0.2, 0.25) is 0 Å². The maximum absolute atomic E-state index is 2.50. The van der Waals surface area contributed by atoms with Crippen LogP contribution in [-0.4, -0.2) is 6.71 Å². The van der Waals surface area contributed by atoms with Gasteiger partial charge in [-0.15, -0.1) is 0 Å². The van der Waals surface area contributed by atoms with E-state index in [0.29, 0.717) is 0 Å². The third-order valence-electron chi connectivity index (χ3n) is 7.84. The van der Waals surface area contributed by atoms with Crippen LogP contribution in [0, 0.1) is 27.7 Å². The summed E-state index contributed by atoms with van der Waals surface area (Å²) in [5.74, 6) is 0. The van der Waals surface area contributed by atoms with Gasteiger partial charge >= 0.3 is 0 Å². The van der Waals surface area contributed by atoms with Gasteiger partial charge in [0.15, 0.2) is 0 Å². The molecule has 0 fully saturated rings. The summed E-state index contributed by atoms with van der Waals surface area (Å²) in [5.41, 5.74) is 16.8. The Bertz CT molecular complexity index is 1670. The lowest BCUT2D eigenvalue weighted by Gasteiger charge is -2.44. The normalized spacial score (nSPS) is 13.2. The van der Waals surface area contributed by atoms with Gasteiger partial charge in [-0.25, -0.2) is 0 Å². The van der Waals surface area contributed by atoms with Crippen molar-refractivity contribution in [1.82, 2.24) is 0 Å². The second-order valence-corrected chi connectivity index (χ2v) is 10.6. The Morgan fingerprint density at radius 2 is 1.05 bits per heavy atom. The van der Waals surface area contributed by atoms with Crippen LogP contribution < -0.4 is 26.2 Å². The maximum atomic E-state index is 2.50. The highest BCUT2D eigenvalue weighted by Gasteiger charge is 2.43. The van der Waals surface area contributed by atoms with Crippen LogP contribution in [0.25, 0.3) is 0 Å². The van der Waals surface area contributed by atoms with Gasteiger partial charge in [0, 0.05) is 34.1 Å². The molecule has 0 amide bonds. The van der Waals surface area contributed by atoms with E-state index in [1.54, 1.807) is 0 Å². The molecule has 37 heavy (non-hydrogen) atoms. The highest BCUT2D eigenvalue weighted by Crippen LogP contribution is 2.44. The van der Waals surface area contributed by atoms with Crippen molar-refractivity contribution in [3.05, 3.63) is 125 Å². The van der Waals surface area contributed by atoms with Crippen LogP contribution in [0.4, 0.5) is 34.1 Å². The summed E-state index contributed by atoms with van der Waals surface area (Å²) in [5, 5.41) is 0. The van der Waals surface area contributed by atoms with Crippen molar-refractivity contribution < 1.29 is 0 Å². The SMILES string of the molecule is Cc1cc(C)cc(N2c3cc(C)cc(C)c3B3c4ccccc4N(c4ccccc4)c4cccc2c43)c1. The van der Waals surface area contributed by atoms with Gasteiger partial charge in [0.1, 0.15) is 0 Å². The first-order valence-corrected chi connectivity index (χ1v) is 13.1. The van der Waals surface area contributed by atoms with E-state index in [4.69, 9.17) is 0 Å². The fraction of sp³-hybridized carbons (Fsp3) is 0.118. The topological polar surface area (TPSA) is 6.48 Å². The summed E-state index contributed by atoms with van der Waals surface area (Å²) in [6.45, 7) is 9.06. The quantitative estimate of drug-likeness (QED) is 0.248. The molecule has 0 aliphatic carbocycles. The van der Waals surface area contributed by atoms with Gasteiger partial charge in [-0.3, -0.25) is 0 Å². The molecular formula is C34H29BN2. The maximum Gasteiger partial charge on any atom is 0.252 e. The molecule has 2 aliphatic heterocycles. The zero-order valence-electron chi connectivity index (χ0n) is 21.8. The molecule has 7 rings (SSSR count).